The smallest absolute Gasteiger partial charge is 0.399 e. The van der Waals surface area contributed by atoms with Crippen molar-refractivity contribution in [2.75, 3.05) is 13.2 Å². The summed E-state index contributed by atoms with van der Waals surface area (Å²) in [5, 5.41) is 4.33. The molecule has 2 rings (SSSR count). The molecule has 5 nitrogen and oxygen atoms in total. The Bertz CT molecular complexity index is 429. The molecule has 0 bridgehead atoms. The Morgan fingerprint density at radius 3 is 2.45 bits per heavy atom. The zero-order valence-corrected chi connectivity index (χ0v) is 13.2. The minimum atomic E-state index is -0.342. The molecule has 112 valence electrons. The maximum atomic E-state index is 6.00. The number of hydrogen-bond donors (Lipinski definition) is 0. The molecule has 1 saturated heterocycles. The van der Waals surface area contributed by atoms with Crippen LogP contribution in [0.1, 0.15) is 41.0 Å². The van der Waals surface area contributed by atoms with Crippen molar-refractivity contribution >= 4 is 12.6 Å². The number of ether oxygens (including phenoxy) is 1. The number of aromatic nitrogens is 2. The number of hydrogen-bond acceptors (Lipinski definition) is 4. The summed E-state index contributed by atoms with van der Waals surface area (Å²) in [7, 11) is -0.342. The van der Waals surface area contributed by atoms with Crippen LogP contribution in [0, 0.1) is 0 Å². The van der Waals surface area contributed by atoms with Gasteiger partial charge < -0.3 is 14.0 Å². The first kappa shape index (κ1) is 15.5. The molecule has 0 radical (unpaired) electrons. The van der Waals surface area contributed by atoms with Crippen molar-refractivity contribution < 1.29 is 14.0 Å². The Labute approximate surface area is 121 Å². The Morgan fingerprint density at radius 1 is 1.20 bits per heavy atom. The fourth-order valence-electron chi connectivity index (χ4n) is 2.01. The van der Waals surface area contributed by atoms with Crippen molar-refractivity contribution in [3.8, 4) is 0 Å². The number of rotatable bonds is 6. The van der Waals surface area contributed by atoms with Crippen LogP contribution < -0.4 is 5.46 Å². The summed E-state index contributed by atoms with van der Waals surface area (Å²) in [4.78, 5) is 0. The molecule has 2 heterocycles. The molecule has 0 saturated carbocycles. The molecule has 1 aliphatic rings. The lowest BCUT2D eigenvalue weighted by Crippen LogP contribution is -2.41. The summed E-state index contributed by atoms with van der Waals surface area (Å²) in [5.41, 5.74) is 0.327. The molecule has 1 aliphatic heterocycles. The molecule has 0 atom stereocenters. The molecule has 0 amide bonds. The van der Waals surface area contributed by atoms with Gasteiger partial charge in [0, 0.05) is 24.5 Å². The van der Waals surface area contributed by atoms with E-state index in [-0.39, 0.29) is 18.3 Å². The second-order valence-electron chi connectivity index (χ2n) is 6.24. The normalized spacial score (nSPS) is 20.6. The summed E-state index contributed by atoms with van der Waals surface area (Å²) in [6.07, 6.45) is 4.82. The SMILES string of the molecule is CCCOCCn1cc(B2OC(C)(C)C(C)(C)O2)cn1. The molecule has 6 heteroatoms. The first-order valence-corrected chi connectivity index (χ1v) is 7.31. The highest BCUT2D eigenvalue weighted by Crippen LogP contribution is 2.36. The van der Waals surface area contributed by atoms with Gasteiger partial charge in [-0.3, -0.25) is 4.68 Å². The van der Waals surface area contributed by atoms with Crippen LogP contribution in [0.3, 0.4) is 0 Å². The van der Waals surface area contributed by atoms with Crippen molar-refractivity contribution in [1.29, 1.82) is 0 Å². The standard InChI is InChI=1S/C14H25BN2O3/c1-6-8-18-9-7-17-11-12(10-16-17)15-19-13(2,3)14(4,5)20-15/h10-11H,6-9H2,1-5H3. The average Bonchev–Trinajstić information content (AvgIpc) is 2.89. The van der Waals surface area contributed by atoms with E-state index in [1.54, 1.807) is 0 Å². The topological polar surface area (TPSA) is 45.5 Å². The molecule has 0 spiro atoms. The van der Waals surface area contributed by atoms with E-state index in [2.05, 4.69) is 39.7 Å². The molecule has 0 aliphatic carbocycles. The van der Waals surface area contributed by atoms with Crippen LogP contribution >= 0.6 is 0 Å². The lowest BCUT2D eigenvalue weighted by Gasteiger charge is -2.32. The predicted molar refractivity (Wildman–Crippen MR) is 79.1 cm³/mol. The summed E-state index contributed by atoms with van der Waals surface area (Å²) >= 11 is 0. The molecule has 20 heavy (non-hydrogen) atoms. The van der Waals surface area contributed by atoms with Crippen LogP contribution in [0.2, 0.25) is 0 Å². The fourth-order valence-corrected chi connectivity index (χ4v) is 2.01. The summed E-state index contributed by atoms with van der Waals surface area (Å²) < 4.78 is 19.3. The molecule has 0 unspecified atom stereocenters. The van der Waals surface area contributed by atoms with Gasteiger partial charge in [0.15, 0.2) is 0 Å². The lowest BCUT2D eigenvalue weighted by molar-refractivity contribution is 0.00578. The van der Waals surface area contributed by atoms with Crippen molar-refractivity contribution in [3.63, 3.8) is 0 Å². The van der Waals surface area contributed by atoms with E-state index in [4.69, 9.17) is 14.0 Å². The first-order valence-electron chi connectivity index (χ1n) is 7.31. The maximum absolute atomic E-state index is 6.00. The van der Waals surface area contributed by atoms with Crippen molar-refractivity contribution in [2.45, 2.75) is 58.8 Å². The van der Waals surface area contributed by atoms with Gasteiger partial charge in [-0.15, -0.1) is 0 Å². The predicted octanol–water partition coefficient (Wildman–Crippen LogP) is 1.61. The van der Waals surface area contributed by atoms with Crippen LogP contribution in [-0.2, 0) is 20.6 Å². The summed E-state index contributed by atoms with van der Waals surface area (Å²) in [6, 6.07) is 0. The Kier molecular flexibility index (Phi) is 4.57. The zero-order chi connectivity index (χ0) is 14.8. The van der Waals surface area contributed by atoms with Crippen LogP contribution in [0.25, 0.3) is 0 Å². The molecule has 0 N–H and O–H groups in total. The minimum Gasteiger partial charge on any atom is -0.399 e. The summed E-state index contributed by atoms with van der Waals surface area (Å²) in [6.45, 7) is 12.5. The van der Waals surface area contributed by atoms with E-state index >= 15 is 0 Å². The van der Waals surface area contributed by atoms with Crippen LogP contribution in [0.15, 0.2) is 12.4 Å². The van der Waals surface area contributed by atoms with Gasteiger partial charge in [0.1, 0.15) is 0 Å². The Hall–Kier alpha value is -0.845. The van der Waals surface area contributed by atoms with Gasteiger partial charge in [-0.2, -0.15) is 5.10 Å². The van der Waals surface area contributed by atoms with Crippen molar-refractivity contribution in [2.24, 2.45) is 0 Å². The minimum absolute atomic E-state index is 0.315. The van der Waals surface area contributed by atoms with Crippen LogP contribution in [-0.4, -0.2) is 41.3 Å². The quantitative estimate of drug-likeness (QED) is 0.586. The van der Waals surface area contributed by atoms with Crippen LogP contribution in [0.5, 0.6) is 0 Å². The van der Waals surface area contributed by atoms with E-state index in [1.165, 1.54) is 0 Å². The molecule has 1 aromatic heterocycles. The highest BCUT2D eigenvalue weighted by Gasteiger charge is 2.52. The number of nitrogens with zero attached hydrogens (tertiary/aromatic N) is 2. The summed E-state index contributed by atoms with van der Waals surface area (Å²) in [5.74, 6) is 0. The van der Waals surface area contributed by atoms with Crippen molar-refractivity contribution in [1.82, 2.24) is 9.78 Å². The van der Waals surface area contributed by atoms with Crippen LogP contribution in [0.4, 0.5) is 0 Å². The second-order valence-corrected chi connectivity index (χ2v) is 6.24. The van der Waals surface area contributed by atoms with Gasteiger partial charge in [0.25, 0.3) is 0 Å². The van der Waals surface area contributed by atoms with E-state index < -0.39 is 0 Å². The van der Waals surface area contributed by atoms with Crippen molar-refractivity contribution in [3.05, 3.63) is 12.4 Å². The molecular weight excluding hydrogens is 255 g/mol. The fraction of sp³-hybridized carbons (Fsp3) is 0.786. The van der Waals surface area contributed by atoms with Gasteiger partial charge in [-0.1, -0.05) is 6.92 Å². The molecular formula is C14H25BN2O3. The lowest BCUT2D eigenvalue weighted by atomic mass is 9.82. The Morgan fingerprint density at radius 2 is 1.85 bits per heavy atom. The van der Waals surface area contributed by atoms with Gasteiger partial charge >= 0.3 is 7.12 Å². The van der Waals surface area contributed by atoms with E-state index in [0.717, 1.165) is 25.0 Å². The maximum Gasteiger partial charge on any atom is 0.498 e. The van der Waals surface area contributed by atoms with E-state index in [0.29, 0.717) is 6.61 Å². The highest BCUT2D eigenvalue weighted by molar-refractivity contribution is 6.61. The largest absolute Gasteiger partial charge is 0.498 e. The Balaban J connectivity index is 1.93. The average molecular weight is 280 g/mol. The monoisotopic (exact) mass is 280 g/mol. The first-order chi connectivity index (χ1) is 9.36. The molecule has 1 aromatic rings. The third kappa shape index (κ3) is 3.24. The van der Waals surface area contributed by atoms with Gasteiger partial charge in [-0.05, 0) is 34.1 Å². The molecule has 0 aromatic carbocycles. The molecule has 1 fully saturated rings. The van der Waals surface area contributed by atoms with Gasteiger partial charge in [-0.25, -0.2) is 0 Å². The van der Waals surface area contributed by atoms with E-state index in [1.807, 2.05) is 17.1 Å². The highest BCUT2D eigenvalue weighted by atomic mass is 16.7. The van der Waals surface area contributed by atoms with Gasteiger partial charge in [0.2, 0.25) is 0 Å². The second kappa shape index (κ2) is 5.88. The third-order valence-corrected chi connectivity index (χ3v) is 3.99. The third-order valence-electron chi connectivity index (χ3n) is 3.99. The zero-order valence-electron chi connectivity index (χ0n) is 13.2. The van der Waals surface area contributed by atoms with Gasteiger partial charge in [0.05, 0.1) is 24.4 Å². The van der Waals surface area contributed by atoms with E-state index in [9.17, 15) is 0 Å².